The molecular weight excluding hydrogens is 359 g/mol. The van der Waals surface area contributed by atoms with E-state index in [1.165, 1.54) is 28.7 Å². The van der Waals surface area contributed by atoms with E-state index in [1.807, 2.05) is 13.0 Å². The van der Waals surface area contributed by atoms with E-state index in [1.54, 1.807) is 19.2 Å². The molecule has 0 saturated heterocycles. The van der Waals surface area contributed by atoms with Crippen molar-refractivity contribution < 1.29 is 13.9 Å². The summed E-state index contributed by atoms with van der Waals surface area (Å²) in [5, 5.41) is -0.0540. The summed E-state index contributed by atoms with van der Waals surface area (Å²) in [5.74, 6) is -1.69. The third-order valence-corrected chi connectivity index (χ3v) is 4.31. The molecule has 2 heterocycles. The van der Waals surface area contributed by atoms with Crippen molar-refractivity contribution in [3.63, 3.8) is 0 Å². The molecule has 7 heteroatoms. The Kier molecular flexibility index (Phi) is 5.04. The summed E-state index contributed by atoms with van der Waals surface area (Å²) in [6.07, 6.45) is 1.70. The second-order valence-corrected chi connectivity index (χ2v) is 6.43. The second kappa shape index (κ2) is 7.25. The molecule has 0 N–H and O–H groups in total. The minimum absolute atomic E-state index is 0.0540. The van der Waals surface area contributed by atoms with E-state index in [-0.39, 0.29) is 17.2 Å². The maximum atomic E-state index is 13.2. The zero-order valence-electron chi connectivity index (χ0n) is 14.2. The molecule has 0 fully saturated rings. The highest BCUT2D eigenvalue weighted by Gasteiger charge is 2.18. The standard InChI is InChI=1S/C19H16ClFN2O3/c1-11-3-6-17-22-14(8-18(24)23(17)9-11)10-26-19(25)12(2)13-4-5-16(21)15(20)7-13/h3-9,12H,10H2,1-2H3. The van der Waals surface area contributed by atoms with E-state index >= 15 is 0 Å². The molecule has 0 amide bonds. The molecule has 0 aliphatic carbocycles. The Morgan fingerprint density at radius 3 is 2.81 bits per heavy atom. The number of aromatic nitrogens is 2. The van der Waals surface area contributed by atoms with Crippen LogP contribution >= 0.6 is 11.6 Å². The molecule has 1 unspecified atom stereocenters. The minimum Gasteiger partial charge on any atom is -0.459 e. The van der Waals surface area contributed by atoms with Crippen LogP contribution in [0.1, 0.15) is 29.7 Å². The largest absolute Gasteiger partial charge is 0.459 e. The maximum Gasteiger partial charge on any atom is 0.313 e. The van der Waals surface area contributed by atoms with Gasteiger partial charge in [0.15, 0.2) is 0 Å². The Morgan fingerprint density at radius 2 is 2.08 bits per heavy atom. The Morgan fingerprint density at radius 1 is 1.31 bits per heavy atom. The van der Waals surface area contributed by atoms with Crippen LogP contribution in [0.15, 0.2) is 47.4 Å². The fourth-order valence-electron chi connectivity index (χ4n) is 2.52. The number of ether oxygens (including phenoxy) is 1. The monoisotopic (exact) mass is 374 g/mol. The average Bonchev–Trinajstić information content (AvgIpc) is 2.62. The first-order chi connectivity index (χ1) is 12.3. The highest BCUT2D eigenvalue weighted by molar-refractivity contribution is 6.30. The van der Waals surface area contributed by atoms with Crippen LogP contribution in [0, 0.1) is 12.7 Å². The predicted molar refractivity (Wildman–Crippen MR) is 95.8 cm³/mol. The van der Waals surface area contributed by atoms with Gasteiger partial charge in [0.05, 0.1) is 16.6 Å². The van der Waals surface area contributed by atoms with Gasteiger partial charge in [-0.25, -0.2) is 9.37 Å². The third-order valence-electron chi connectivity index (χ3n) is 4.02. The molecule has 1 aromatic carbocycles. The van der Waals surface area contributed by atoms with Crippen molar-refractivity contribution in [3.05, 3.63) is 80.6 Å². The number of benzene rings is 1. The molecule has 3 rings (SSSR count). The third kappa shape index (κ3) is 3.75. The lowest BCUT2D eigenvalue weighted by atomic mass is 10.0. The molecule has 0 aliphatic rings. The molecule has 0 radical (unpaired) electrons. The number of carbonyl (C=O) groups is 1. The molecular formula is C19H16ClFN2O3. The van der Waals surface area contributed by atoms with Crippen LogP contribution < -0.4 is 5.56 Å². The average molecular weight is 375 g/mol. The molecule has 134 valence electrons. The number of pyridine rings is 1. The lowest BCUT2D eigenvalue weighted by Gasteiger charge is -2.12. The van der Waals surface area contributed by atoms with Gasteiger partial charge in [-0.1, -0.05) is 23.7 Å². The summed E-state index contributed by atoms with van der Waals surface area (Å²) in [7, 11) is 0. The summed E-state index contributed by atoms with van der Waals surface area (Å²) >= 11 is 5.75. The SMILES string of the molecule is Cc1ccc2nc(COC(=O)C(C)c3ccc(F)c(Cl)c3)cc(=O)n2c1. The van der Waals surface area contributed by atoms with Crippen LogP contribution in [0.5, 0.6) is 0 Å². The van der Waals surface area contributed by atoms with Gasteiger partial charge in [0, 0.05) is 12.3 Å². The van der Waals surface area contributed by atoms with Gasteiger partial charge < -0.3 is 4.74 Å². The molecule has 0 saturated carbocycles. The van der Waals surface area contributed by atoms with Gasteiger partial charge >= 0.3 is 5.97 Å². The van der Waals surface area contributed by atoms with Gasteiger partial charge in [0.1, 0.15) is 18.1 Å². The van der Waals surface area contributed by atoms with Crippen molar-refractivity contribution in [1.29, 1.82) is 0 Å². The van der Waals surface area contributed by atoms with Crippen molar-refractivity contribution in [2.75, 3.05) is 0 Å². The molecule has 2 aromatic heterocycles. The van der Waals surface area contributed by atoms with Gasteiger partial charge in [-0.3, -0.25) is 14.0 Å². The van der Waals surface area contributed by atoms with E-state index in [2.05, 4.69) is 4.98 Å². The highest BCUT2D eigenvalue weighted by atomic mass is 35.5. The van der Waals surface area contributed by atoms with Crippen molar-refractivity contribution in [2.24, 2.45) is 0 Å². The Labute approximate surface area is 154 Å². The zero-order chi connectivity index (χ0) is 18.8. The number of aryl methyl sites for hydroxylation is 1. The molecule has 0 bridgehead atoms. The van der Waals surface area contributed by atoms with E-state index in [0.29, 0.717) is 16.9 Å². The number of hydrogen-bond acceptors (Lipinski definition) is 4. The molecule has 5 nitrogen and oxygen atoms in total. The smallest absolute Gasteiger partial charge is 0.313 e. The lowest BCUT2D eigenvalue weighted by Crippen LogP contribution is -2.18. The van der Waals surface area contributed by atoms with Crippen LogP contribution in [-0.4, -0.2) is 15.4 Å². The fourth-order valence-corrected chi connectivity index (χ4v) is 2.71. The molecule has 26 heavy (non-hydrogen) atoms. The zero-order valence-corrected chi connectivity index (χ0v) is 15.0. The number of rotatable bonds is 4. The van der Waals surface area contributed by atoms with E-state index in [9.17, 15) is 14.0 Å². The number of esters is 1. The van der Waals surface area contributed by atoms with Gasteiger partial charge in [-0.2, -0.15) is 0 Å². The van der Waals surface area contributed by atoms with Crippen molar-refractivity contribution in [3.8, 4) is 0 Å². The molecule has 0 aliphatic heterocycles. The first-order valence-corrected chi connectivity index (χ1v) is 8.33. The summed E-state index contributed by atoms with van der Waals surface area (Å²) < 4.78 is 19.9. The number of halogens is 2. The van der Waals surface area contributed by atoms with Crippen molar-refractivity contribution in [2.45, 2.75) is 26.4 Å². The molecule has 3 aromatic rings. The first kappa shape index (κ1) is 18.1. The predicted octanol–water partition coefficient (Wildman–Crippen LogP) is 3.64. The maximum absolute atomic E-state index is 13.2. The quantitative estimate of drug-likeness (QED) is 0.654. The fraction of sp³-hybridized carbons (Fsp3) is 0.211. The van der Waals surface area contributed by atoms with Crippen LogP contribution in [0.3, 0.4) is 0 Å². The van der Waals surface area contributed by atoms with Gasteiger partial charge in [0.2, 0.25) is 0 Å². The van der Waals surface area contributed by atoms with Crippen LogP contribution in [0.25, 0.3) is 5.65 Å². The minimum atomic E-state index is -0.627. The topological polar surface area (TPSA) is 60.7 Å². The summed E-state index contributed by atoms with van der Waals surface area (Å²) in [6.45, 7) is 3.39. The summed E-state index contributed by atoms with van der Waals surface area (Å²) in [6, 6.07) is 8.99. The van der Waals surface area contributed by atoms with Crippen LogP contribution in [-0.2, 0) is 16.1 Å². The summed E-state index contributed by atoms with van der Waals surface area (Å²) in [4.78, 5) is 28.7. The number of hydrogen-bond donors (Lipinski definition) is 0. The van der Waals surface area contributed by atoms with E-state index < -0.39 is 17.7 Å². The Hall–Kier alpha value is -2.73. The lowest BCUT2D eigenvalue weighted by molar-refractivity contribution is -0.146. The molecule has 0 spiro atoms. The molecule has 1 atom stereocenters. The Balaban J connectivity index is 1.74. The van der Waals surface area contributed by atoms with Crippen LogP contribution in [0.4, 0.5) is 4.39 Å². The van der Waals surface area contributed by atoms with E-state index in [0.717, 1.165) is 5.56 Å². The number of nitrogens with zero attached hydrogens (tertiary/aromatic N) is 2. The van der Waals surface area contributed by atoms with Gasteiger partial charge in [0.25, 0.3) is 5.56 Å². The second-order valence-electron chi connectivity index (χ2n) is 6.02. The van der Waals surface area contributed by atoms with E-state index in [4.69, 9.17) is 16.3 Å². The summed E-state index contributed by atoms with van der Waals surface area (Å²) in [5.41, 5.74) is 2.07. The van der Waals surface area contributed by atoms with Crippen molar-refractivity contribution >= 4 is 23.2 Å². The number of fused-ring (bicyclic) bond motifs is 1. The van der Waals surface area contributed by atoms with Crippen molar-refractivity contribution in [1.82, 2.24) is 9.38 Å². The van der Waals surface area contributed by atoms with Gasteiger partial charge in [-0.05, 0) is 43.2 Å². The Bertz CT molecular complexity index is 1050. The highest BCUT2D eigenvalue weighted by Crippen LogP contribution is 2.23. The first-order valence-electron chi connectivity index (χ1n) is 7.95. The normalized spacial score (nSPS) is 12.2. The number of carbonyl (C=O) groups excluding carboxylic acids is 1. The van der Waals surface area contributed by atoms with Crippen LogP contribution in [0.2, 0.25) is 5.02 Å². The van der Waals surface area contributed by atoms with Gasteiger partial charge in [-0.15, -0.1) is 0 Å².